The van der Waals surface area contributed by atoms with Crippen LogP contribution in [0.1, 0.15) is 0 Å². The van der Waals surface area contributed by atoms with E-state index in [9.17, 15) is 4.39 Å². The molecule has 4 nitrogen and oxygen atoms in total. The molecule has 0 amide bonds. The molecule has 2 aromatic heterocycles. The van der Waals surface area contributed by atoms with Gasteiger partial charge in [0.1, 0.15) is 5.82 Å². The predicted octanol–water partition coefficient (Wildman–Crippen LogP) is 2.29. The van der Waals surface area contributed by atoms with Crippen LogP contribution in [0.15, 0.2) is 30.6 Å². The molecule has 3 aromatic rings. The van der Waals surface area contributed by atoms with Gasteiger partial charge in [0, 0.05) is 29.7 Å². The third kappa shape index (κ3) is 1.32. The maximum Gasteiger partial charge on any atom is 0.133 e. The van der Waals surface area contributed by atoms with Crippen molar-refractivity contribution in [2.75, 3.05) is 5.73 Å². The van der Waals surface area contributed by atoms with Gasteiger partial charge in [-0.1, -0.05) is 6.07 Å². The van der Waals surface area contributed by atoms with Crippen LogP contribution in [0.3, 0.4) is 0 Å². The lowest BCUT2D eigenvalue weighted by atomic mass is 10.1. The van der Waals surface area contributed by atoms with Gasteiger partial charge < -0.3 is 10.7 Å². The number of fused-ring (bicyclic) bond motifs is 1. The van der Waals surface area contributed by atoms with Crippen LogP contribution in [0, 0.1) is 5.82 Å². The largest absolute Gasteiger partial charge is 0.396 e. The number of hydrogen-bond acceptors (Lipinski definition) is 2. The summed E-state index contributed by atoms with van der Waals surface area (Å²) < 4.78 is 15.5. The molecule has 2 heterocycles. The van der Waals surface area contributed by atoms with Gasteiger partial charge in [-0.25, -0.2) is 4.39 Å². The van der Waals surface area contributed by atoms with E-state index in [1.165, 1.54) is 6.07 Å². The molecule has 1 aromatic carbocycles. The van der Waals surface area contributed by atoms with Crippen LogP contribution in [0.25, 0.3) is 22.2 Å². The number of aromatic nitrogens is 3. The van der Waals surface area contributed by atoms with Gasteiger partial charge in [0.2, 0.25) is 0 Å². The fourth-order valence-electron chi connectivity index (χ4n) is 2.11. The van der Waals surface area contributed by atoms with Gasteiger partial charge in [0.15, 0.2) is 0 Å². The van der Waals surface area contributed by atoms with E-state index in [4.69, 9.17) is 5.73 Å². The number of benzene rings is 1. The summed E-state index contributed by atoms with van der Waals surface area (Å²) in [6.45, 7) is 0. The molecule has 0 radical (unpaired) electrons. The molecule has 0 spiro atoms. The summed E-state index contributed by atoms with van der Waals surface area (Å²) in [5, 5.41) is 4.61. The summed E-state index contributed by atoms with van der Waals surface area (Å²) in [4.78, 5) is 3.04. The highest BCUT2D eigenvalue weighted by atomic mass is 19.1. The molecule has 0 unspecified atom stereocenters. The second kappa shape index (κ2) is 3.35. The van der Waals surface area contributed by atoms with Crippen LogP contribution in [-0.2, 0) is 7.05 Å². The summed E-state index contributed by atoms with van der Waals surface area (Å²) in [7, 11) is 1.78. The Morgan fingerprint density at radius 2 is 2.24 bits per heavy atom. The summed E-state index contributed by atoms with van der Waals surface area (Å²) in [5.41, 5.74) is 8.60. The second-order valence-corrected chi connectivity index (χ2v) is 3.94. The molecule has 0 saturated carbocycles. The van der Waals surface area contributed by atoms with Crippen LogP contribution >= 0.6 is 0 Å². The van der Waals surface area contributed by atoms with Crippen molar-refractivity contribution < 1.29 is 4.39 Å². The van der Waals surface area contributed by atoms with Crippen molar-refractivity contribution in [2.24, 2.45) is 7.05 Å². The Bertz CT molecular complexity index is 676. The SMILES string of the molecule is Cn1ncc(N)c1-c1c[nH]c2cccc(F)c12. The monoisotopic (exact) mass is 230 g/mol. The van der Waals surface area contributed by atoms with E-state index in [1.54, 1.807) is 30.2 Å². The molecular weight excluding hydrogens is 219 g/mol. The number of anilines is 1. The van der Waals surface area contributed by atoms with Gasteiger partial charge >= 0.3 is 0 Å². The molecular formula is C12H11FN4. The fraction of sp³-hybridized carbons (Fsp3) is 0.0833. The van der Waals surface area contributed by atoms with Crippen LogP contribution in [0.4, 0.5) is 10.1 Å². The lowest BCUT2D eigenvalue weighted by Crippen LogP contribution is -1.95. The van der Waals surface area contributed by atoms with Crippen molar-refractivity contribution in [2.45, 2.75) is 0 Å². The van der Waals surface area contributed by atoms with Crippen LogP contribution in [-0.4, -0.2) is 14.8 Å². The minimum Gasteiger partial charge on any atom is -0.396 e. The van der Waals surface area contributed by atoms with Crippen molar-refractivity contribution in [1.82, 2.24) is 14.8 Å². The first-order chi connectivity index (χ1) is 8.18. The second-order valence-electron chi connectivity index (χ2n) is 3.94. The molecule has 0 aliphatic rings. The number of nitrogens with one attached hydrogen (secondary N) is 1. The highest BCUT2D eigenvalue weighted by Gasteiger charge is 2.15. The van der Waals surface area contributed by atoms with E-state index in [0.717, 1.165) is 16.8 Å². The molecule has 86 valence electrons. The van der Waals surface area contributed by atoms with Gasteiger partial charge in [-0.15, -0.1) is 0 Å². The molecule has 0 aliphatic carbocycles. The van der Waals surface area contributed by atoms with Crippen LogP contribution < -0.4 is 5.73 Å². The van der Waals surface area contributed by atoms with Crippen molar-refractivity contribution in [3.63, 3.8) is 0 Å². The average molecular weight is 230 g/mol. The van der Waals surface area contributed by atoms with E-state index in [2.05, 4.69) is 10.1 Å². The zero-order valence-electron chi connectivity index (χ0n) is 9.24. The van der Waals surface area contributed by atoms with Crippen molar-refractivity contribution in [3.8, 4) is 11.3 Å². The highest BCUT2D eigenvalue weighted by molar-refractivity contribution is 5.97. The third-order valence-electron chi connectivity index (χ3n) is 2.88. The normalized spacial score (nSPS) is 11.2. The van der Waals surface area contributed by atoms with E-state index in [1.807, 2.05) is 6.07 Å². The lowest BCUT2D eigenvalue weighted by molar-refractivity contribution is 0.640. The number of rotatable bonds is 1. The van der Waals surface area contributed by atoms with Gasteiger partial charge in [-0.3, -0.25) is 4.68 Å². The van der Waals surface area contributed by atoms with Gasteiger partial charge in [-0.05, 0) is 12.1 Å². The molecule has 5 heteroatoms. The molecule has 3 N–H and O–H groups in total. The molecule has 0 bridgehead atoms. The van der Waals surface area contributed by atoms with E-state index < -0.39 is 0 Å². The predicted molar refractivity (Wildman–Crippen MR) is 64.9 cm³/mol. The summed E-state index contributed by atoms with van der Waals surface area (Å²) in [6.07, 6.45) is 3.32. The van der Waals surface area contributed by atoms with E-state index >= 15 is 0 Å². The molecule has 0 fully saturated rings. The lowest BCUT2D eigenvalue weighted by Gasteiger charge is -2.02. The number of halogens is 1. The number of H-pyrrole nitrogens is 1. The summed E-state index contributed by atoms with van der Waals surface area (Å²) >= 11 is 0. The van der Waals surface area contributed by atoms with Gasteiger partial charge in [0.25, 0.3) is 0 Å². The summed E-state index contributed by atoms with van der Waals surface area (Å²) in [6, 6.07) is 4.94. The Kier molecular flexibility index (Phi) is 1.95. The average Bonchev–Trinajstić information content (AvgIpc) is 2.84. The fourth-order valence-corrected chi connectivity index (χ4v) is 2.11. The van der Waals surface area contributed by atoms with Crippen molar-refractivity contribution in [3.05, 3.63) is 36.4 Å². The number of nitrogens with zero attached hydrogens (tertiary/aromatic N) is 2. The Morgan fingerprint density at radius 3 is 2.94 bits per heavy atom. The quantitative estimate of drug-likeness (QED) is 0.673. The van der Waals surface area contributed by atoms with Gasteiger partial charge in [0.05, 0.1) is 17.6 Å². The first kappa shape index (κ1) is 9.89. The smallest absolute Gasteiger partial charge is 0.133 e. The standard InChI is InChI=1S/C12H11FN4/c1-17-12(9(14)6-16-17)7-5-15-10-4-2-3-8(13)11(7)10/h2-6,15H,14H2,1H3. The topological polar surface area (TPSA) is 59.6 Å². The Morgan fingerprint density at radius 1 is 1.41 bits per heavy atom. The van der Waals surface area contributed by atoms with Crippen LogP contribution in [0.2, 0.25) is 0 Å². The molecule has 0 aliphatic heterocycles. The Labute approximate surface area is 96.9 Å². The molecule has 17 heavy (non-hydrogen) atoms. The maximum atomic E-state index is 13.8. The number of aromatic amines is 1. The van der Waals surface area contributed by atoms with E-state index in [-0.39, 0.29) is 5.82 Å². The zero-order valence-corrected chi connectivity index (χ0v) is 9.24. The Balaban J connectivity index is 2.39. The molecule has 0 saturated heterocycles. The zero-order chi connectivity index (χ0) is 12.0. The minimum atomic E-state index is -0.264. The number of hydrogen-bond donors (Lipinski definition) is 2. The van der Waals surface area contributed by atoms with Crippen molar-refractivity contribution >= 4 is 16.6 Å². The maximum absolute atomic E-state index is 13.8. The minimum absolute atomic E-state index is 0.264. The van der Waals surface area contributed by atoms with Gasteiger partial charge in [-0.2, -0.15) is 5.10 Å². The van der Waals surface area contributed by atoms with Crippen molar-refractivity contribution in [1.29, 1.82) is 0 Å². The number of nitrogens with two attached hydrogens (primary N) is 1. The molecule has 3 rings (SSSR count). The number of nitrogen functional groups attached to an aromatic ring is 1. The number of aryl methyl sites for hydroxylation is 1. The highest BCUT2D eigenvalue weighted by Crippen LogP contribution is 2.33. The summed E-state index contributed by atoms with van der Waals surface area (Å²) in [5.74, 6) is -0.264. The third-order valence-corrected chi connectivity index (χ3v) is 2.88. The first-order valence-corrected chi connectivity index (χ1v) is 5.22. The molecule has 0 atom stereocenters. The first-order valence-electron chi connectivity index (χ1n) is 5.22. The van der Waals surface area contributed by atoms with E-state index in [0.29, 0.717) is 11.1 Å². The Hall–Kier alpha value is -2.30. The van der Waals surface area contributed by atoms with Crippen LogP contribution in [0.5, 0.6) is 0 Å².